The van der Waals surface area contributed by atoms with Crippen LogP contribution >= 0.6 is 23.7 Å². The molecule has 1 aliphatic rings. The lowest BCUT2D eigenvalue weighted by Crippen LogP contribution is -2.40. The third-order valence-corrected chi connectivity index (χ3v) is 5.93. The first-order valence-electron chi connectivity index (χ1n) is 9.31. The summed E-state index contributed by atoms with van der Waals surface area (Å²) in [5.41, 5.74) is 4.30. The Morgan fingerprint density at radius 3 is 2.82 bits per heavy atom. The number of halogens is 1. The zero-order chi connectivity index (χ0) is 19.2. The van der Waals surface area contributed by atoms with Crippen molar-refractivity contribution >= 4 is 35.4 Å². The maximum absolute atomic E-state index is 11.2. The van der Waals surface area contributed by atoms with Gasteiger partial charge < -0.3 is 9.94 Å². The second kappa shape index (κ2) is 10.6. The van der Waals surface area contributed by atoms with Crippen LogP contribution in [0.5, 0.6) is 0 Å². The molecule has 1 unspecified atom stereocenters. The molecule has 2 heterocycles. The summed E-state index contributed by atoms with van der Waals surface area (Å²) < 4.78 is 0. The summed E-state index contributed by atoms with van der Waals surface area (Å²) in [6.07, 6.45) is 1.68. The van der Waals surface area contributed by atoms with Crippen LogP contribution in [-0.2, 0) is 9.63 Å². The fourth-order valence-corrected chi connectivity index (χ4v) is 4.25. The molecular weight excluding hydrogens is 396 g/mol. The highest BCUT2D eigenvalue weighted by Gasteiger charge is 2.25. The number of piperidine rings is 1. The highest BCUT2D eigenvalue weighted by molar-refractivity contribution is 7.12. The van der Waals surface area contributed by atoms with Gasteiger partial charge in [0.05, 0.1) is 10.8 Å². The summed E-state index contributed by atoms with van der Waals surface area (Å²) >= 11 is 1.66. The summed E-state index contributed by atoms with van der Waals surface area (Å²) in [4.78, 5) is 20.1. The molecule has 1 N–H and O–H groups in total. The van der Waals surface area contributed by atoms with Crippen molar-refractivity contribution in [3.63, 3.8) is 0 Å². The number of carbonyl (C=O) groups is 1. The summed E-state index contributed by atoms with van der Waals surface area (Å²) in [5.74, 6) is -0.965. The molecule has 0 bridgehead atoms. The van der Waals surface area contributed by atoms with E-state index in [1.807, 2.05) is 12.1 Å². The average molecular weight is 423 g/mol. The number of likely N-dealkylation sites (tertiary alicyclic amines) is 1. The molecule has 7 heteroatoms. The summed E-state index contributed by atoms with van der Waals surface area (Å²) in [6.45, 7) is 6.81. The van der Waals surface area contributed by atoms with Crippen molar-refractivity contribution in [1.82, 2.24) is 4.90 Å². The molecule has 0 amide bonds. The molecule has 1 atom stereocenters. The molecule has 2 aromatic rings. The minimum atomic E-state index is -0.700. The van der Waals surface area contributed by atoms with Crippen molar-refractivity contribution < 1.29 is 14.7 Å². The Bertz CT molecular complexity index is 821. The second-order valence-electron chi connectivity index (χ2n) is 7.05. The third-order valence-electron chi connectivity index (χ3n) is 4.87. The molecule has 1 aromatic carbocycles. The molecule has 1 aliphatic heterocycles. The SMILES string of the molecule is Cc1csc(/C(=N\OCCN2CCCC(C(=O)O)C2)c2ccccc2C)c1.Cl. The Hall–Kier alpha value is -1.89. The highest BCUT2D eigenvalue weighted by atomic mass is 35.5. The van der Waals surface area contributed by atoms with Gasteiger partial charge in [-0.2, -0.15) is 0 Å². The molecule has 0 spiro atoms. The van der Waals surface area contributed by atoms with Crippen LogP contribution in [0, 0.1) is 19.8 Å². The van der Waals surface area contributed by atoms with Crippen molar-refractivity contribution in [2.75, 3.05) is 26.2 Å². The zero-order valence-electron chi connectivity index (χ0n) is 16.3. The highest BCUT2D eigenvalue weighted by Crippen LogP contribution is 2.21. The van der Waals surface area contributed by atoms with E-state index in [0.29, 0.717) is 19.7 Å². The topological polar surface area (TPSA) is 62.1 Å². The number of carboxylic acids is 1. The van der Waals surface area contributed by atoms with Gasteiger partial charge in [0.15, 0.2) is 0 Å². The van der Waals surface area contributed by atoms with Gasteiger partial charge in [-0.1, -0.05) is 29.4 Å². The van der Waals surface area contributed by atoms with E-state index in [0.717, 1.165) is 41.1 Å². The van der Waals surface area contributed by atoms with Crippen molar-refractivity contribution in [1.29, 1.82) is 0 Å². The summed E-state index contributed by atoms with van der Waals surface area (Å²) in [5, 5.41) is 15.8. The molecule has 3 rings (SSSR count). The Labute approximate surface area is 176 Å². The van der Waals surface area contributed by atoms with Gasteiger partial charge in [0.2, 0.25) is 0 Å². The van der Waals surface area contributed by atoms with Gasteiger partial charge >= 0.3 is 5.97 Å². The van der Waals surface area contributed by atoms with Gasteiger partial charge in [-0.3, -0.25) is 9.69 Å². The number of aryl methyl sites for hydroxylation is 2. The van der Waals surface area contributed by atoms with Crippen molar-refractivity contribution in [2.45, 2.75) is 26.7 Å². The lowest BCUT2D eigenvalue weighted by Gasteiger charge is -2.29. The third kappa shape index (κ3) is 5.80. The molecule has 0 aliphatic carbocycles. The van der Waals surface area contributed by atoms with Crippen LogP contribution < -0.4 is 0 Å². The minimum absolute atomic E-state index is 0. The first-order chi connectivity index (χ1) is 13.0. The number of benzene rings is 1. The van der Waals surface area contributed by atoms with Crippen LogP contribution in [0.25, 0.3) is 0 Å². The van der Waals surface area contributed by atoms with E-state index in [1.165, 1.54) is 5.56 Å². The Balaban J connectivity index is 0.00000280. The van der Waals surface area contributed by atoms with Gasteiger partial charge in [0, 0.05) is 18.7 Å². The van der Waals surface area contributed by atoms with E-state index in [9.17, 15) is 9.90 Å². The largest absolute Gasteiger partial charge is 0.481 e. The normalized spacial score (nSPS) is 17.8. The molecule has 152 valence electrons. The van der Waals surface area contributed by atoms with Crippen LogP contribution in [-0.4, -0.2) is 47.9 Å². The van der Waals surface area contributed by atoms with Crippen molar-refractivity contribution in [3.05, 3.63) is 57.3 Å². The predicted molar refractivity (Wildman–Crippen MR) is 116 cm³/mol. The maximum Gasteiger partial charge on any atom is 0.307 e. The molecule has 1 aromatic heterocycles. The molecule has 0 saturated carbocycles. The number of rotatable bonds is 7. The van der Waals surface area contributed by atoms with E-state index in [4.69, 9.17) is 4.84 Å². The summed E-state index contributed by atoms with van der Waals surface area (Å²) in [7, 11) is 0. The lowest BCUT2D eigenvalue weighted by atomic mass is 9.98. The van der Waals surface area contributed by atoms with E-state index < -0.39 is 5.97 Å². The van der Waals surface area contributed by atoms with Crippen LogP contribution in [0.2, 0.25) is 0 Å². The molecule has 5 nitrogen and oxygen atoms in total. The molecular formula is C21H27ClN2O3S. The van der Waals surface area contributed by atoms with Gasteiger partial charge in [0.25, 0.3) is 0 Å². The van der Waals surface area contributed by atoms with Crippen LogP contribution in [0.3, 0.4) is 0 Å². The predicted octanol–water partition coefficient (Wildman–Crippen LogP) is 4.35. The van der Waals surface area contributed by atoms with Gasteiger partial charge in [-0.15, -0.1) is 23.7 Å². The Morgan fingerprint density at radius 2 is 2.14 bits per heavy atom. The zero-order valence-corrected chi connectivity index (χ0v) is 17.9. The van der Waals surface area contributed by atoms with E-state index in [1.54, 1.807) is 11.3 Å². The van der Waals surface area contributed by atoms with Gasteiger partial charge in [0.1, 0.15) is 12.3 Å². The minimum Gasteiger partial charge on any atom is -0.481 e. The van der Waals surface area contributed by atoms with Crippen LogP contribution in [0.4, 0.5) is 0 Å². The average Bonchev–Trinajstić information content (AvgIpc) is 3.09. The molecule has 0 radical (unpaired) electrons. The van der Waals surface area contributed by atoms with E-state index in [-0.39, 0.29) is 18.3 Å². The molecule has 1 saturated heterocycles. The molecule has 28 heavy (non-hydrogen) atoms. The quantitative estimate of drug-likeness (QED) is 0.409. The first kappa shape index (κ1) is 22.4. The van der Waals surface area contributed by atoms with E-state index in [2.05, 4.69) is 47.5 Å². The van der Waals surface area contributed by atoms with Crippen LogP contribution in [0.1, 0.15) is 34.4 Å². The lowest BCUT2D eigenvalue weighted by molar-refractivity contribution is -0.143. The van der Waals surface area contributed by atoms with Crippen LogP contribution in [0.15, 0.2) is 40.9 Å². The van der Waals surface area contributed by atoms with Crippen molar-refractivity contribution in [3.8, 4) is 0 Å². The number of hydrogen-bond acceptors (Lipinski definition) is 5. The Kier molecular flexibility index (Phi) is 8.48. The van der Waals surface area contributed by atoms with Gasteiger partial charge in [-0.05, 0) is 55.8 Å². The number of nitrogens with zero attached hydrogens (tertiary/aromatic N) is 2. The first-order valence-corrected chi connectivity index (χ1v) is 10.2. The smallest absolute Gasteiger partial charge is 0.307 e. The molecule has 1 fully saturated rings. The van der Waals surface area contributed by atoms with Crippen molar-refractivity contribution in [2.24, 2.45) is 11.1 Å². The van der Waals surface area contributed by atoms with Gasteiger partial charge in [-0.25, -0.2) is 0 Å². The number of hydrogen-bond donors (Lipinski definition) is 1. The Morgan fingerprint density at radius 1 is 1.36 bits per heavy atom. The summed E-state index contributed by atoms with van der Waals surface area (Å²) in [6, 6.07) is 10.3. The van der Waals surface area contributed by atoms with E-state index >= 15 is 0 Å². The fourth-order valence-electron chi connectivity index (χ4n) is 3.36. The number of thiophene rings is 1. The maximum atomic E-state index is 11.2. The number of aliphatic carboxylic acids is 1. The number of carboxylic acid groups (broad SMARTS) is 1. The monoisotopic (exact) mass is 422 g/mol. The fraction of sp³-hybridized carbons (Fsp3) is 0.429. The second-order valence-corrected chi connectivity index (χ2v) is 7.97. The standard InChI is InChI=1S/C21H26N2O3S.ClH/c1-15-12-19(27-14-15)20(18-8-4-3-6-16(18)2)22-26-11-10-23-9-5-7-17(13-23)21(24)25;/h3-4,6,8,12,14,17H,5,7,9-11,13H2,1-2H3,(H,24,25);1H/b22-20-;. The number of oxime groups is 1.